The van der Waals surface area contributed by atoms with E-state index in [4.69, 9.17) is 0 Å². The van der Waals surface area contributed by atoms with Crippen molar-refractivity contribution in [3.8, 4) is 0 Å². The Hall–Kier alpha value is -1.13. The molecule has 4 heteroatoms. The number of rotatable bonds is 6. The molecule has 0 aliphatic carbocycles. The second kappa shape index (κ2) is 6.16. The summed E-state index contributed by atoms with van der Waals surface area (Å²) < 4.78 is 23.1. The summed E-state index contributed by atoms with van der Waals surface area (Å²) >= 11 is 0. The van der Waals surface area contributed by atoms with E-state index in [-0.39, 0.29) is 6.04 Å². The van der Waals surface area contributed by atoms with Gasteiger partial charge in [0.1, 0.15) is 0 Å². The largest absolute Gasteiger partial charge is 0.313 e. The van der Waals surface area contributed by atoms with E-state index in [0.717, 1.165) is 24.0 Å². The third-order valence-corrected chi connectivity index (χ3v) is 4.14. The highest BCUT2D eigenvalue weighted by atomic mass is 32.2. The Balaban J connectivity index is 3.04. The Labute approximate surface area is 110 Å². The molecule has 0 aromatic heterocycles. The van der Waals surface area contributed by atoms with E-state index in [9.17, 15) is 8.42 Å². The lowest BCUT2D eigenvalue weighted by atomic mass is 9.99. The molecule has 1 aromatic carbocycles. The number of hydrogen-bond donors (Lipinski definition) is 1. The summed E-state index contributed by atoms with van der Waals surface area (Å²) in [5.41, 5.74) is 2.13. The predicted molar refractivity (Wildman–Crippen MR) is 75.4 cm³/mol. The van der Waals surface area contributed by atoms with Crippen LogP contribution in [0.25, 0.3) is 0 Å². The normalized spacial score (nSPS) is 13.3. The molecule has 1 atom stereocenters. The number of hydrogen-bond acceptors (Lipinski definition) is 3. The van der Waals surface area contributed by atoms with E-state index in [1.165, 1.54) is 6.26 Å². The SMILES string of the molecule is C=C(CC)CC(NC)c1cccc(S(C)(=O)=O)c1. The first-order chi connectivity index (χ1) is 8.38. The monoisotopic (exact) mass is 267 g/mol. The Morgan fingerprint density at radius 2 is 2.11 bits per heavy atom. The molecule has 0 heterocycles. The number of benzene rings is 1. The standard InChI is InChI=1S/C14H21NO2S/c1-5-11(2)9-14(15-3)12-7-6-8-13(10-12)18(4,16)17/h6-8,10,14-15H,2,5,9H2,1,3-4H3. The van der Waals surface area contributed by atoms with Gasteiger partial charge >= 0.3 is 0 Å². The van der Waals surface area contributed by atoms with Crippen molar-refractivity contribution < 1.29 is 8.42 Å². The van der Waals surface area contributed by atoms with Crippen molar-refractivity contribution in [2.24, 2.45) is 0 Å². The van der Waals surface area contributed by atoms with E-state index in [2.05, 4.69) is 18.8 Å². The van der Waals surface area contributed by atoms with Crippen LogP contribution in [0.1, 0.15) is 31.4 Å². The van der Waals surface area contributed by atoms with Crippen LogP contribution in [0.3, 0.4) is 0 Å². The molecule has 18 heavy (non-hydrogen) atoms. The lowest BCUT2D eigenvalue weighted by molar-refractivity contribution is 0.579. The van der Waals surface area contributed by atoms with Gasteiger partial charge in [-0.2, -0.15) is 0 Å². The molecule has 0 spiro atoms. The third-order valence-electron chi connectivity index (χ3n) is 3.03. The van der Waals surface area contributed by atoms with Crippen LogP contribution in [0.2, 0.25) is 0 Å². The summed E-state index contributed by atoms with van der Waals surface area (Å²) in [6.45, 7) is 6.07. The van der Waals surface area contributed by atoms with Gasteiger partial charge in [0.05, 0.1) is 4.90 Å². The van der Waals surface area contributed by atoms with E-state index in [1.807, 2.05) is 13.1 Å². The second-order valence-corrected chi connectivity index (χ2v) is 6.51. The van der Waals surface area contributed by atoms with Crippen molar-refractivity contribution in [3.63, 3.8) is 0 Å². The van der Waals surface area contributed by atoms with Gasteiger partial charge in [0.15, 0.2) is 9.84 Å². The first-order valence-electron chi connectivity index (χ1n) is 6.02. The van der Waals surface area contributed by atoms with Gasteiger partial charge in [-0.3, -0.25) is 0 Å². The van der Waals surface area contributed by atoms with Crippen LogP contribution in [0.4, 0.5) is 0 Å². The van der Waals surface area contributed by atoms with Gasteiger partial charge in [-0.05, 0) is 37.6 Å². The highest BCUT2D eigenvalue weighted by Crippen LogP contribution is 2.23. The predicted octanol–water partition coefficient (Wildman–Crippen LogP) is 2.71. The number of nitrogens with one attached hydrogen (secondary N) is 1. The van der Waals surface area contributed by atoms with Crippen LogP contribution >= 0.6 is 0 Å². The van der Waals surface area contributed by atoms with Gasteiger partial charge in [-0.15, -0.1) is 0 Å². The van der Waals surface area contributed by atoms with Crippen LogP contribution in [0.15, 0.2) is 41.3 Å². The minimum atomic E-state index is -3.15. The second-order valence-electron chi connectivity index (χ2n) is 4.49. The third kappa shape index (κ3) is 3.96. The molecule has 3 nitrogen and oxygen atoms in total. The molecular formula is C14H21NO2S. The van der Waals surface area contributed by atoms with Gasteiger partial charge in [0, 0.05) is 12.3 Å². The molecule has 0 saturated heterocycles. The fourth-order valence-corrected chi connectivity index (χ4v) is 2.46. The maximum absolute atomic E-state index is 11.5. The molecule has 1 unspecified atom stereocenters. The van der Waals surface area contributed by atoms with Crippen molar-refractivity contribution in [1.29, 1.82) is 0 Å². The smallest absolute Gasteiger partial charge is 0.175 e. The molecule has 0 bridgehead atoms. The summed E-state index contributed by atoms with van der Waals surface area (Å²) in [5, 5.41) is 3.21. The lowest BCUT2D eigenvalue weighted by Crippen LogP contribution is -2.17. The zero-order chi connectivity index (χ0) is 13.8. The molecular weight excluding hydrogens is 246 g/mol. The van der Waals surface area contributed by atoms with Crippen molar-refractivity contribution in [2.75, 3.05) is 13.3 Å². The van der Waals surface area contributed by atoms with Gasteiger partial charge in [0.25, 0.3) is 0 Å². The van der Waals surface area contributed by atoms with E-state index >= 15 is 0 Å². The Bertz CT molecular complexity index is 520. The van der Waals surface area contributed by atoms with Crippen LogP contribution < -0.4 is 5.32 Å². The summed E-state index contributed by atoms with van der Waals surface area (Å²) in [6, 6.07) is 7.20. The van der Waals surface area contributed by atoms with Crippen molar-refractivity contribution in [2.45, 2.75) is 30.7 Å². The molecule has 0 aliphatic rings. The molecule has 100 valence electrons. The molecule has 1 rings (SSSR count). The van der Waals surface area contributed by atoms with Gasteiger partial charge in [-0.25, -0.2) is 8.42 Å². The minimum Gasteiger partial charge on any atom is -0.313 e. The molecule has 0 amide bonds. The highest BCUT2D eigenvalue weighted by molar-refractivity contribution is 7.90. The number of sulfone groups is 1. The minimum absolute atomic E-state index is 0.110. The fraction of sp³-hybridized carbons (Fsp3) is 0.429. The maximum Gasteiger partial charge on any atom is 0.175 e. The summed E-state index contributed by atoms with van der Waals surface area (Å²) in [6.07, 6.45) is 2.98. The summed E-state index contributed by atoms with van der Waals surface area (Å²) in [5.74, 6) is 0. The van der Waals surface area contributed by atoms with Crippen LogP contribution in [0, 0.1) is 0 Å². The van der Waals surface area contributed by atoms with Crippen molar-refractivity contribution in [1.82, 2.24) is 5.32 Å². The Kier molecular flexibility index (Phi) is 5.11. The topological polar surface area (TPSA) is 46.2 Å². The quantitative estimate of drug-likeness (QED) is 0.806. The molecule has 1 N–H and O–H groups in total. The van der Waals surface area contributed by atoms with E-state index in [1.54, 1.807) is 18.2 Å². The zero-order valence-corrected chi connectivity index (χ0v) is 12.0. The van der Waals surface area contributed by atoms with Crippen LogP contribution in [-0.2, 0) is 9.84 Å². The molecule has 0 aliphatic heterocycles. The fourth-order valence-electron chi connectivity index (χ4n) is 1.78. The van der Waals surface area contributed by atoms with Gasteiger partial charge in [-0.1, -0.05) is 31.2 Å². The van der Waals surface area contributed by atoms with Gasteiger partial charge < -0.3 is 5.32 Å². The average molecular weight is 267 g/mol. The highest BCUT2D eigenvalue weighted by Gasteiger charge is 2.13. The summed E-state index contributed by atoms with van der Waals surface area (Å²) in [4.78, 5) is 0.363. The van der Waals surface area contributed by atoms with E-state index < -0.39 is 9.84 Å². The zero-order valence-electron chi connectivity index (χ0n) is 11.2. The van der Waals surface area contributed by atoms with Crippen molar-refractivity contribution in [3.05, 3.63) is 42.0 Å². The van der Waals surface area contributed by atoms with E-state index in [0.29, 0.717) is 4.90 Å². The average Bonchev–Trinajstić information content (AvgIpc) is 2.34. The molecule has 0 radical (unpaired) electrons. The Morgan fingerprint density at radius 3 is 2.61 bits per heavy atom. The molecule has 1 aromatic rings. The summed E-state index contributed by atoms with van der Waals surface area (Å²) in [7, 11) is -1.28. The molecule has 0 fully saturated rings. The van der Waals surface area contributed by atoms with Gasteiger partial charge in [0.2, 0.25) is 0 Å². The maximum atomic E-state index is 11.5. The van der Waals surface area contributed by atoms with Crippen LogP contribution in [-0.4, -0.2) is 21.7 Å². The van der Waals surface area contributed by atoms with Crippen molar-refractivity contribution >= 4 is 9.84 Å². The first-order valence-corrected chi connectivity index (χ1v) is 7.91. The first kappa shape index (κ1) is 14.9. The Morgan fingerprint density at radius 1 is 1.44 bits per heavy atom. The molecule has 0 saturated carbocycles. The van der Waals surface area contributed by atoms with Crippen LogP contribution in [0.5, 0.6) is 0 Å². The lowest BCUT2D eigenvalue weighted by Gasteiger charge is -2.18.